The molecule has 0 aliphatic heterocycles. The van der Waals surface area contributed by atoms with Crippen LogP contribution in [0.3, 0.4) is 0 Å². The Morgan fingerprint density at radius 1 is 0.595 bits per heavy atom. The van der Waals surface area contributed by atoms with E-state index in [4.69, 9.17) is 55.9 Å². The quantitative estimate of drug-likeness (QED) is 0.153. The maximum Gasteiger partial charge on any atom is 0.264 e. The first-order valence-electron chi connectivity index (χ1n) is 12.4. The number of carbonyl (C=O) groups is 2. The van der Waals surface area contributed by atoms with Crippen molar-refractivity contribution in [2.75, 3.05) is 36.1 Å². The highest BCUT2D eigenvalue weighted by Gasteiger charge is 2.23. The Labute approximate surface area is 280 Å². The maximum atomic E-state index is 13.5. The summed E-state index contributed by atoms with van der Waals surface area (Å²) < 4.78 is 12.6. The van der Waals surface area contributed by atoms with Crippen LogP contribution in [0.1, 0.15) is 0 Å². The van der Waals surface area contributed by atoms with E-state index in [1.807, 2.05) is 36.4 Å². The second-order valence-corrected chi connectivity index (χ2v) is 12.1. The molecule has 0 unspecified atom stereocenters. The van der Waals surface area contributed by atoms with Gasteiger partial charge in [-0.15, -0.1) is 0 Å². The summed E-state index contributed by atoms with van der Waals surface area (Å²) in [6.45, 7) is -0.290. The third kappa shape index (κ3) is 8.56. The lowest BCUT2D eigenvalue weighted by Gasteiger charge is -2.28. The molecule has 0 spiro atoms. The van der Waals surface area contributed by atoms with Gasteiger partial charge in [-0.2, -0.15) is 0 Å². The fourth-order valence-corrected chi connectivity index (χ4v) is 6.71. The van der Waals surface area contributed by atoms with Crippen molar-refractivity contribution in [2.45, 2.75) is 0 Å². The van der Waals surface area contributed by atoms with Gasteiger partial charge in [-0.05, 0) is 80.4 Å². The van der Waals surface area contributed by atoms with Gasteiger partial charge in [-0.3, -0.25) is 9.59 Å². The molecule has 0 fully saturated rings. The van der Waals surface area contributed by atoms with E-state index in [0.29, 0.717) is 41.9 Å². The molecule has 4 aromatic carbocycles. The number of rotatable bonds is 11. The van der Waals surface area contributed by atoms with Crippen LogP contribution in [-0.2, 0) is 9.59 Å². The molecule has 0 aliphatic rings. The SMILES string of the molecule is O=C(COc1c(Cl)cc(Cl)cc1Br)N(CCN(C(=O)COc1c(Cl)cc(Cl)cc1Br)c1ccccc1)c1ccccc1. The van der Waals surface area contributed by atoms with Gasteiger partial charge >= 0.3 is 0 Å². The number of amides is 2. The van der Waals surface area contributed by atoms with Gasteiger partial charge in [0.15, 0.2) is 24.7 Å². The van der Waals surface area contributed by atoms with Crippen molar-refractivity contribution in [1.82, 2.24) is 0 Å². The molecular weight excluding hydrogens is 754 g/mol. The summed E-state index contributed by atoms with van der Waals surface area (Å²) in [5.74, 6) is -0.0826. The summed E-state index contributed by atoms with van der Waals surface area (Å²) in [7, 11) is 0. The Hall–Kier alpha value is -2.46. The highest BCUT2D eigenvalue weighted by Crippen LogP contribution is 2.37. The Bertz CT molecular complexity index is 1400. The van der Waals surface area contributed by atoms with Crippen molar-refractivity contribution in [2.24, 2.45) is 0 Å². The van der Waals surface area contributed by atoms with Crippen LogP contribution >= 0.6 is 78.3 Å². The number of benzene rings is 4. The second-order valence-electron chi connectivity index (χ2n) is 8.74. The number of ether oxygens (including phenoxy) is 2. The van der Waals surface area contributed by atoms with Crippen molar-refractivity contribution in [1.29, 1.82) is 0 Å². The minimum Gasteiger partial charge on any atom is -0.481 e. The largest absolute Gasteiger partial charge is 0.481 e. The van der Waals surface area contributed by atoms with Crippen LogP contribution < -0.4 is 19.3 Å². The molecule has 42 heavy (non-hydrogen) atoms. The zero-order valence-electron chi connectivity index (χ0n) is 21.7. The average molecular weight is 776 g/mol. The summed E-state index contributed by atoms with van der Waals surface area (Å²) >= 11 is 31.4. The highest BCUT2D eigenvalue weighted by molar-refractivity contribution is 9.11. The lowest BCUT2D eigenvalue weighted by Crippen LogP contribution is -2.44. The molecule has 4 rings (SSSR count). The molecule has 0 aromatic heterocycles. The zero-order chi connectivity index (χ0) is 30.2. The molecule has 0 saturated heterocycles. The standard InChI is InChI=1S/C30H22Br2Cl4N2O4/c31-23-13-19(33)15-25(35)29(23)41-17-27(39)37(21-7-3-1-4-8-21)11-12-38(22-9-5-2-6-10-22)28(40)18-42-30-24(32)14-20(34)16-26(30)36/h1-10,13-16H,11-12,17-18H2. The monoisotopic (exact) mass is 772 g/mol. The number of para-hydroxylation sites is 2. The van der Waals surface area contributed by atoms with E-state index in [1.165, 1.54) is 12.1 Å². The summed E-state index contributed by atoms with van der Waals surface area (Å²) in [6, 6.07) is 24.5. The second kappa shape index (κ2) is 15.3. The van der Waals surface area contributed by atoms with E-state index in [-0.39, 0.29) is 48.2 Å². The predicted molar refractivity (Wildman–Crippen MR) is 177 cm³/mol. The van der Waals surface area contributed by atoms with Gasteiger partial charge in [0.25, 0.3) is 11.8 Å². The third-order valence-electron chi connectivity index (χ3n) is 5.89. The van der Waals surface area contributed by atoms with Crippen molar-refractivity contribution < 1.29 is 19.1 Å². The molecule has 0 saturated carbocycles. The Kier molecular flexibility index (Phi) is 11.8. The van der Waals surface area contributed by atoms with Crippen LogP contribution in [0.25, 0.3) is 0 Å². The average Bonchev–Trinajstić information content (AvgIpc) is 2.95. The van der Waals surface area contributed by atoms with Crippen LogP contribution in [0.4, 0.5) is 11.4 Å². The summed E-state index contributed by atoms with van der Waals surface area (Å²) in [4.78, 5) is 30.1. The molecule has 6 nitrogen and oxygen atoms in total. The molecule has 0 bridgehead atoms. The first-order chi connectivity index (χ1) is 20.1. The molecule has 0 radical (unpaired) electrons. The minimum absolute atomic E-state index is 0.160. The van der Waals surface area contributed by atoms with E-state index < -0.39 is 0 Å². The fourth-order valence-electron chi connectivity index (χ4n) is 3.97. The molecule has 0 N–H and O–H groups in total. The number of anilines is 2. The van der Waals surface area contributed by atoms with Crippen LogP contribution in [0.15, 0.2) is 93.9 Å². The van der Waals surface area contributed by atoms with Gasteiger partial charge in [0.1, 0.15) is 0 Å². The van der Waals surface area contributed by atoms with Gasteiger partial charge in [0.05, 0.1) is 19.0 Å². The lowest BCUT2D eigenvalue weighted by atomic mass is 10.2. The molecule has 2 amide bonds. The summed E-state index contributed by atoms with van der Waals surface area (Å²) in [6.07, 6.45) is 0. The Morgan fingerprint density at radius 2 is 0.952 bits per heavy atom. The van der Waals surface area contributed by atoms with Crippen molar-refractivity contribution >= 4 is 101 Å². The van der Waals surface area contributed by atoms with Gasteiger partial charge in [-0.25, -0.2) is 0 Å². The first kappa shape index (κ1) is 32.5. The van der Waals surface area contributed by atoms with Crippen molar-refractivity contribution in [3.05, 3.63) is 114 Å². The van der Waals surface area contributed by atoms with E-state index in [1.54, 1.807) is 46.2 Å². The first-order valence-corrected chi connectivity index (χ1v) is 15.5. The third-order valence-corrected chi connectivity index (χ3v) is 8.07. The van der Waals surface area contributed by atoms with Crippen LogP contribution in [0, 0.1) is 0 Å². The molecule has 0 atom stereocenters. The lowest BCUT2D eigenvalue weighted by molar-refractivity contribution is -0.122. The van der Waals surface area contributed by atoms with Gasteiger partial charge < -0.3 is 19.3 Å². The molecular formula is C30H22Br2Cl4N2O4. The Morgan fingerprint density at radius 3 is 1.29 bits per heavy atom. The molecule has 12 heteroatoms. The molecule has 4 aromatic rings. The highest BCUT2D eigenvalue weighted by atomic mass is 79.9. The van der Waals surface area contributed by atoms with Crippen LogP contribution in [0.2, 0.25) is 20.1 Å². The number of halogens is 6. The summed E-state index contributed by atoms with van der Waals surface area (Å²) in [5, 5.41) is 1.39. The van der Waals surface area contributed by atoms with Crippen molar-refractivity contribution in [3.63, 3.8) is 0 Å². The number of carbonyl (C=O) groups excluding carboxylic acids is 2. The molecule has 0 aliphatic carbocycles. The van der Waals surface area contributed by atoms with Gasteiger partial charge in [0.2, 0.25) is 0 Å². The van der Waals surface area contributed by atoms with E-state index >= 15 is 0 Å². The van der Waals surface area contributed by atoms with Crippen LogP contribution in [-0.4, -0.2) is 38.1 Å². The predicted octanol–water partition coefficient (Wildman–Crippen LogP) is 9.35. The number of hydrogen-bond acceptors (Lipinski definition) is 4. The van der Waals surface area contributed by atoms with E-state index in [0.717, 1.165) is 0 Å². The van der Waals surface area contributed by atoms with Crippen LogP contribution in [0.5, 0.6) is 11.5 Å². The normalized spacial score (nSPS) is 10.7. The number of hydrogen-bond donors (Lipinski definition) is 0. The fraction of sp³-hybridized carbons (Fsp3) is 0.133. The minimum atomic E-state index is -0.340. The van der Waals surface area contributed by atoms with Crippen molar-refractivity contribution in [3.8, 4) is 11.5 Å². The topological polar surface area (TPSA) is 59.1 Å². The van der Waals surface area contributed by atoms with E-state index in [2.05, 4.69) is 31.9 Å². The Balaban J connectivity index is 1.53. The number of nitrogens with zero attached hydrogens (tertiary/aromatic N) is 2. The smallest absolute Gasteiger partial charge is 0.264 e. The molecule has 0 heterocycles. The zero-order valence-corrected chi connectivity index (χ0v) is 27.9. The molecule has 218 valence electrons. The maximum absolute atomic E-state index is 13.5. The van der Waals surface area contributed by atoms with E-state index in [9.17, 15) is 9.59 Å². The van der Waals surface area contributed by atoms with Gasteiger partial charge in [-0.1, -0.05) is 82.8 Å². The summed E-state index contributed by atoms with van der Waals surface area (Å²) in [5.41, 5.74) is 1.28. The van der Waals surface area contributed by atoms with Gasteiger partial charge in [0, 0.05) is 34.5 Å².